The van der Waals surface area contributed by atoms with Gasteiger partial charge >= 0.3 is 29.3 Å². The lowest BCUT2D eigenvalue weighted by Gasteiger charge is -2.26. The van der Waals surface area contributed by atoms with E-state index in [1.54, 1.807) is 13.8 Å². The lowest BCUT2D eigenvalue weighted by molar-refractivity contribution is -0.152. The number of carbonyl (C=O) groups excluding carboxylic acids is 5. The number of thioether (sulfide) groups is 1. The van der Waals surface area contributed by atoms with E-state index < -0.39 is 48.9 Å². The SMILES string of the molecule is CCC(=O)OCOC(=O)N[C@@H](CSC(=O)OCOC(=O)CC)C(=O)OCCN1CCOCC1. The largest absolute Gasteiger partial charge is 0.463 e. The molecular weight excluding hydrogens is 464 g/mol. The molecule has 1 aliphatic rings. The second-order valence-corrected chi connectivity index (χ2v) is 7.39. The number of carbonyl (C=O) groups is 5. The van der Waals surface area contributed by atoms with Gasteiger partial charge in [-0.15, -0.1) is 0 Å². The van der Waals surface area contributed by atoms with Crippen molar-refractivity contribution in [3.05, 3.63) is 0 Å². The average Bonchev–Trinajstić information content (AvgIpc) is 2.81. The Bertz CT molecular complexity index is 656. The van der Waals surface area contributed by atoms with Crippen LogP contribution in [-0.2, 0) is 42.8 Å². The van der Waals surface area contributed by atoms with Crippen LogP contribution in [-0.4, -0.2) is 99.0 Å². The number of hydrogen-bond donors (Lipinski definition) is 1. The minimum Gasteiger partial charge on any atom is -0.463 e. The van der Waals surface area contributed by atoms with Crippen LogP contribution in [0.3, 0.4) is 0 Å². The van der Waals surface area contributed by atoms with E-state index in [0.717, 1.165) is 0 Å². The minimum absolute atomic E-state index is 0.0717. The van der Waals surface area contributed by atoms with Crippen LogP contribution in [0.15, 0.2) is 0 Å². The van der Waals surface area contributed by atoms with Crippen LogP contribution in [0.4, 0.5) is 9.59 Å². The van der Waals surface area contributed by atoms with Crippen molar-refractivity contribution in [2.24, 2.45) is 0 Å². The summed E-state index contributed by atoms with van der Waals surface area (Å²) >= 11 is 0.572. The monoisotopic (exact) mass is 494 g/mol. The number of morpholine rings is 1. The molecule has 13 nitrogen and oxygen atoms in total. The van der Waals surface area contributed by atoms with Gasteiger partial charge in [0.2, 0.25) is 13.6 Å². The molecule has 0 saturated carbocycles. The summed E-state index contributed by atoms with van der Waals surface area (Å²) in [6.07, 6.45) is -0.808. The fourth-order valence-corrected chi connectivity index (χ4v) is 2.90. The number of hydrogen-bond acceptors (Lipinski definition) is 13. The highest BCUT2D eigenvalue weighted by Gasteiger charge is 2.25. The zero-order chi connectivity index (χ0) is 24.5. The molecule has 0 aromatic rings. The average molecular weight is 495 g/mol. The summed E-state index contributed by atoms with van der Waals surface area (Å²) in [4.78, 5) is 60.4. The molecule has 0 bridgehead atoms. The second kappa shape index (κ2) is 17.0. The first kappa shape index (κ1) is 28.5. The Morgan fingerprint density at radius 3 is 2.12 bits per heavy atom. The molecule has 1 amide bonds. The predicted octanol–water partition coefficient (Wildman–Crippen LogP) is 0.648. The summed E-state index contributed by atoms with van der Waals surface area (Å²) in [5.74, 6) is -2.13. The smallest absolute Gasteiger partial charge is 0.410 e. The lowest BCUT2D eigenvalue weighted by Crippen LogP contribution is -2.45. The van der Waals surface area contributed by atoms with E-state index in [2.05, 4.69) is 19.7 Å². The van der Waals surface area contributed by atoms with Crippen molar-refractivity contribution in [2.45, 2.75) is 32.7 Å². The lowest BCUT2D eigenvalue weighted by atomic mass is 10.3. The number of ether oxygens (including phenoxy) is 6. The van der Waals surface area contributed by atoms with Crippen LogP contribution in [0.25, 0.3) is 0 Å². The normalized spacial score (nSPS) is 14.5. The summed E-state index contributed by atoms with van der Waals surface area (Å²) in [6, 6.07) is -1.25. The van der Waals surface area contributed by atoms with Gasteiger partial charge in [0.15, 0.2) is 0 Å². The van der Waals surface area contributed by atoms with Crippen LogP contribution in [0, 0.1) is 0 Å². The van der Waals surface area contributed by atoms with Crippen molar-refractivity contribution in [3.63, 3.8) is 0 Å². The highest BCUT2D eigenvalue weighted by molar-refractivity contribution is 8.13. The summed E-state index contributed by atoms with van der Waals surface area (Å²) in [7, 11) is 0. The first-order chi connectivity index (χ1) is 15.8. The molecule has 1 heterocycles. The van der Waals surface area contributed by atoms with Gasteiger partial charge in [-0.3, -0.25) is 14.5 Å². The van der Waals surface area contributed by atoms with E-state index in [-0.39, 0.29) is 25.2 Å². The maximum atomic E-state index is 12.4. The highest BCUT2D eigenvalue weighted by Crippen LogP contribution is 2.10. The van der Waals surface area contributed by atoms with Crippen molar-refractivity contribution in [2.75, 3.05) is 58.8 Å². The third-order valence-electron chi connectivity index (χ3n) is 4.08. The molecule has 1 rings (SSSR count). The van der Waals surface area contributed by atoms with Crippen LogP contribution in [0.2, 0.25) is 0 Å². The number of alkyl carbamates (subject to hydrolysis) is 1. The molecule has 0 unspecified atom stereocenters. The zero-order valence-electron chi connectivity index (χ0n) is 18.7. The third kappa shape index (κ3) is 13.5. The predicted molar refractivity (Wildman–Crippen MR) is 113 cm³/mol. The molecule has 14 heteroatoms. The first-order valence-electron chi connectivity index (χ1n) is 10.4. The van der Waals surface area contributed by atoms with Crippen molar-refractivity contribution >= 4 is 41.1 Å². The summed E-state index contributed by atoms with van der Waals surface area (Å²) < 4.78 is 29.2. The van der Waals surface area contributed by atoms with Crippen molar-refractivity contribution in [1.29, 1.82) is 0 Å². The summed E-state index contributed by atoms with van der Waals surface area (Å²) in [5.41, 5.74) is 0. The fourth-order valence-electron chi connectivity index (χ4n) is 2.24. The number of rotatable bonds is 13. The first-order valence-corrected chi connectivity index (χ1v) is 11.3. The Morgan fingerprint density at radius 2 is 1.52 bits per heavy atom. The van der Waals surface area contributed by atoms with E-state index in [0.29, 0.717) is 44.6 Å². The Labute approximate surface area is 195 Å². The standard InChI is InChI=1S/C19H30N2O11S/c1-3-15(22)29-12-31-18(25)20-14(11-33-19(26)32-13-30-16(23)4-2)17(24)28-10-7-21-5-8-27-9-6-21/h14H,3-13H2,1-2H3,(H,20,25)/t14-/m0/s1. The van der Waals surface area contributed by atoms with Crippen LogP contribution in [0.1, 0.15) is 26.7 Å². The van der Waals surface area contributed by atoms with Gasteiger partial charge in [-0.2, -0.15) is 0 Å². The van der Waals surface area contributed by atoms with E-state index in [4.69, 9.17) is 18.9 Å². The van der Waals surface area contributed by atoms with E-state index in [9.17, 15) is 24.0 Å². The Kier molecular flexibility index (Phi) is 14.6. The molecule has 0 aromatic heterocycles. The number of esters is 3. The Morgan fingerprint density at radius 1 is 0.909 bits per heavy atom. The van der Waals surface area contributed by atoms with E-state index in [1.165, 1.54) is 0 Å². The van der Waals surface area contributed by atoms with Crippen molar-refractivity contribution in [3.8, 4) is 0 Å². The molecule has 0 aliphatic carbocycles. The van der Waals surface area contributed by atoms with Gasteiger partial charge in [0.1, 0.15) is 12.6 Å². The Balaban J connectivity index is 2.50. The molecule has 0 radical (unpaired) electrons. The Hall–Kier alpha value is -2.58. The quantitative estimate of drug-likeness (QED) is 0.216. The molecule has 1 aliphatic heterocycles. The molecule has 0 aromatic carbocycles. The van der Waals surface area contributed by atoms with Gasteiger partial charge < -0.3 is 33.7 Å². The van der Waals surface area contributed by atoms with Gasteiger partial charge in [0.05, 0.1) is 13.2 Å². The van der Waals surface area contributed by atoms with E-state index in [1.807, 2.05) is 0 Å². The number of amides is 1. The minimum atomic E-state index is -1.25. The topological polar surface area (TPSA) is 156 Å². The maximum Gasteiger partial charge on any atom is 0.410 e. The van der Waals surface area contributed by atoms with Gasteiger partial charge in [0, 0.05) is 38.2 Å². The maximum absolute atomic E-state index is 12.4. The van der Waals surface area contributed by atoms with Gasteiger partial charge in [0.25, 0.3) is 0 Å². The summed E-state index contributed by atoms with van der Waals surface area (Å²) in [6.45, 7) is 5.14. The zero-order valence-corrected chi connectivity index (χ0v) is 19.5. The third-order valence-corrected chi connectivity index (χ3v) is 4.94. The fraction of sp³-hybridized carbons (Fsp3) is 0.737. The van der Waals surface area contributed by atoms with Crippen molar-refractivity contribution < 1.29 is 52.4 Å². The molecule has 33 heavy (non-hydrogen) atoms. The number of nitrogens with one attached hydrogen (secondary N) is 1. The van der Waals surface area contributed by atoms with Gasteiger partial charge in [-0.05, 0) is 11.8 Å². The molecule has 1 atom stereocenters. The molecule has 1 fully saturated rings. The van der Waals surface area contributed by atoms with Crippen molar-refractivity contribution in [1.82, 2.24) is 10.2 Å². The molecule has 188 valence electrons. The van der Waals surface area contributed by atoms with Crippen LogP contribution in [0.5, 0.6) is 0 Å². The second-order valence-electron chi connectivity index (χ2n) is 6.43. The molecule has 1 N–H and O–H groups in total. The van der Waals surface area contributed by atoms with Gasteiger partial charge in [-0.1, -0.05) is 13.8 Å². The number of nitrogens with zero attached hydrogens (tertiary/aromatic N) is 1. The molecule has 0 spiro atoms. The van der Waals surface area contributed by atoms with Crippen LogP contribution >= 0.6 is 11.8 Å². The summed E-state index contributed by atoms with van der Waals surface area (Å²) in [5, 5.41) is 1.44. The van der Waals surface area contributed by atoms with Crippen LogP contribution < -0.4 is 5.32 Å². The molecular formula is C19H30N2O11S. The highest BCUT2D eigenvalue weighted by atomic mass is 32.2. The molecule has 1 saturated heterocycles. The van der Waals surface area contributed by atoms with E-state index >= 15 is 0 Å². The van der Waals surface area contributed by atoms with Gasteiger partial charge in [-0.25, -0.2) is 14.4 Å².